The lowest BCUT2D eigenvalue weighted by atomic mass is 10.4. The van der Waals surface area contributed by atoms with Crippen LogP contribution in [0.4, 0.5) is 0 Å². The first-order valence-corrected chi connectivity index (χ1v) is 10.2. The Balaban J connectivity index is 2.15. The van der Waals surface area contributed by atoms with Crippen molar-refractivity contribution in [3.8, 4) is 0 Å². The monoisotopic (exact) mass is 350 g/mol. The average molecular weight is 350 g/mol. The summed E-state index contributed by atoms with van der Waals surface area (Å²) >= 11 is 0. The fourth-order valence-corrected chi connectivity index (χ4v) is 5.87. The van der Waals surface area contributed by atoms with Crippen LogP contribution in [0.3, 0.4) is 0 Å². The maximum absolute atomic E-state index is 12.7. The second kappa shape index (κ2) is 6.26. The molecule has 2 heterocycles. The molecule has 0 aliphatic carbocycles. The van der Waals surface area contributed by atoms with E-state index in [9.17, 15) is 16.8 Å². The highest BCUT2D eigenvalue weighted by Gasteiger charge is 2.34. The quantitative estimate of drug-likeness (QED) is 0.809. The van der Waals surface area contributed by atoms with Gasteiger partial charge in [-0.25, -0.2) is 16.8 Å². The number of H-pyrrole nitrogens is 1. The topological polar surface area (TPSA) is 103 Å². The summed E-state index contributed by atoms with van der Waals surface area (Å²) in [6.45, 7) is 5.82. The molecular formula is C12H22N4O4S2. The van der Waals surface area contributed by atoms with E-state index in [0.29, 0.717) is 17.8 Å². The second-order valence-electron chi connectivity index (χ2n) is 5.38. The molecule has 0 spiro atoms. The minimum atomic E-state index is -3.64. The average Bonchev–Trinajstić information content (AvgIpc) is 2.79. The number of aromatic amines is 1. The van der Waals surface area contributed by atoms with Crippen LogP contribution in [-0.4, -0.2) is 67.6 Å². The number of aromatic nitrogens is 2. The largest absolute Gasteiger partial charge is 0.281 e. The lowest BCUT2D eigenvalue weighted by Gasteiger charge is -2.33. The minimum Gasteiger partial charge on any atom is -0.281 e. The highest BCUT2D eigenvalue weighted by molar-refractivity contribution is 7.89. The Hall–Kier alpha value is -0.970. The fourth-order valence-electron chi connectivity index (χ4n) is 2.63. The maximum Gasteiger partial charge on any atom is 0.246 e. The predicted molar refractivity (Wildman–Crippen MR) is 82.5 cm³/mol. The van der Waals surface area contributed by atoms with Gasteiger partial charge in [0.2, 0.25) is 20.0 Å². The van der Waals surface area contributed by atoms with Crippen LogP contribution in [0.1, 0.15) is 24.7 Å². The first kappa shape index (κ1) is 17.4. The Morgan fingerprint density at radius 1 is 1.05 bits per heavy atom. The van der Waals surface area contributed by atoms with E-state index < -0.39 is 20.0 Å². The van der Waals surface area contributed by atoms with Gasteiger partial charge in [-0.05, 0) is 20.3 Å². The van der Waals surface area contributed by atoms with Gasteiger partial charge < -0.3 is 0 Å². The normalized spacial score (nSPS) is 18.7. The Kier molecular flexibility index (Phi) is 4.95. The molecule has 1 aromatic heterocycles. The third-order valence-electron chi connectivity index (χ3n) is 3.71. The molecule has 1 aliphatic rings. The van der Waals surface area contributed by atoms with Crippen molar-refractivity contribution in [2.75, 3.05) is 31.9 Å². The van der Waals surface area contributed by atoms with Crippen LogP contribution in [0, 0.1) is 13.8 Å². The van der Waals surface area contributed by atoms with E-state index in [1.54, 1.807) is 13.8 Å². The molecule has 1 aromatic rings. The summed E-state index contributed by atoms with van der Waals surface area (Å²) in [5, 5.41) is 6.59. The molecule has 1 aliphatic heterocycles. The molecule has 0 atom stereocenters. The molecule has 1 N–H and O–H groups in total. The lowest BCUT2D eigenvalue weighted by Crippen LogP contribution is -2.51. The van der Waals surface area contributed by atoms with Crippen LogP contribution in [0.25, 0.3) is 0 Å². The Labute approximate surface area is 131 Å². The highest BCUT2D eigenvalue weighted by atomic mass is 32.2. The van der Waals surface area contributed by atoms with Gasteiger partial charge >= 0.3 is 0 Å². The van der Waals surface area contributed by atoms with Crippen LogP contribution >= 0.6 is 0 Å². The molecule has 10 heteroatoms. The van der Waals surface area contributed by atoms with Crippen molar-refractivity contribution >= 4 is 20.0 Å². The van der Waals surface area contributed by atoms with Crippen LogP contribution < -0.4 is 0 Å². The summed E-state index contributed by atoms with van der Waals surface area (Å²) in [4.78, 5) is 0.192. The van der Waals surface area contributed by atoms with Crippen molar-refractivity contribution in [1.29, 1.82) is 0 Å². The van der Waals surface area contributed by atoms with E-state index >= 15 is 0 Å². The van der Waals surface area contributed by atoms with E-state index in [0.717, 1.165) is 0 Å². The number of sulfonamides is 2. The highest BCUT2D eigenvalue weighted by Crippen LogP contribution is 2.23. The second-order valence-corrected chi connectivity index (χ2v) is 9.35. The van der Waals surface area contributed by atoms with Crippen LogP contribution in [0.5, 0.6) is 0 Å². The maximum atomic E-state index is 12.7. The molecule has 1 saturated heterocycles. The number of aryl methyl sites for hydroxylation is 2. The van der Waals surface area contributed by atoms with Gasteiger partial charge in [0.1, 0.15) is 4.90 Å². The van der Waals surface area contributed by atoms with Gasteiger partial charge in [-0.2, -0.15) is 13.7 Å². The number of piperazine rings is 1. The number of rotatable bonds is 5. The zero-order valence-corrected chi connectivity index (χ0v) is 14.7. The van der Waals surface area contributed by atoms with Gasteiger partial charge in [-0.3, -0.25) is 5.10 Å². The summed E-state index contributed by atoms with van der Waals surface area (Å²) in [6, 6.07) is 0. The van der Waals surface area contributed by atoms with Crippen molar-refractivity contribution in [1.82, 2.24) is 18.8 Å². The van der Waals surface area contributed by atoms with Crippen molar-refractivity contribution < 1.29 is 16.8 Å². The number of hydrogen-bond acceptors (Lipinski definition) is 5. The van der Waals surface area contributed by atoms with Crippen LogP contribution in [0.2, 0.25) is 0 Å². The van der Waals surface area contributed by atoms with Crippen LogP contribution in [-0.2, 0) is 20.0 Å². The van der Waals surface area contributed by atoms with Gasteiger partial charge in [0.15, 0.2) is 0 Å². The molecule has 0 aromatic carbocycles. The zero-order chi connectivity index (χ0) is 16.5. The molecule has 1 fully saturated rings. The van der Waals surface area contributed by atoms with E-state index in [4.69, 9.17) is 0 Å². The smallest absolute Gasteiger partial charge is 0.246 e. The lowest BCUT2D eigenvalue weighted by molar-refractivity contribution is 0.272. The summed E-state index contributed by atoms with van der Waals surface area (Å²) in [6.07, 6.45) is 0.550. The van der Waals surface area contributed by atoms with E-state index in [-0.39, 0.29) is 36.8 Å². The van der Waals surface area contributed by atoms with Gasteiger partial charge in [0, 0.05) is 26.2 Å². The summed E-state index contributed by atoms with van der Waals surface area (Å²) in [5.74, 6) is 0.0969. The summed E-state index contributed by atoms with van der Waals surface area (Å²) < 4.78 is 52.1. The Morgan fingerprint density at radius 2 is 1.59 bits per heavy atom. The Morgan fingerprint density at radius 3 is 2.05 bits per heavy atom. The molecular weight excluding hydrogens is 328 g/mol. The number of nitrogens with zero attached hydrogens (tertiary/aromatic N) is 3. The van der Waals surface area contributed by atoms with Gasteiger partial charge in [0.25, 0.3) is 0 Å². The van der Waals surface area contributed by atoms with Crippen molar-refractivity contribution in [3.63, 3.8) is 0 Å². The summed E-state index contributed by atoms with van der Waals surface area (Å²) in [5.41, 5.74) is 0.928. The molecule has 8 nitrogen and oxygen atoms in total. The third kappa shape index (κ3) is 3.19. The van der Waals surface area contributed by atoms with Crippen molar-refractivity contribution in [2.24, 2.45) is 0 Å². The molecule has 0 bridgehead atoms. The third-order valence-corrected chi connectivity index (χ3v) is 7.95. The van der Waals surface area contributed by atoms with E-state index in [1.807, 2.05) is 6.92 Å². The standard InChI is InChI=1S/C12H22N4O4S2/c1-4-9-21(17,18)15-5-7-16(8-6-15)22(19,20)12-10(2)13-14-11(12)3/h4-9H2,1-3H3,(H,13,14). The van der Waals surface area contributed by atoms with Gasteiger partial charge in [-0.1, -0.05) is 6.92 Å². The molecule has 0 saturated carbocycles. The molecule has 22 heavy (non-hydrogen) atoms. The van der Waals surface area contributed by atoms with Gasteiger partial charge in [0.05, 0.1) is 17.1 Å². The molecule has 0 unspecified atom stereocenters. The van der Waals surface area contributed by atoms with E-state index in [2.05, 4.69) is 10.2 Å². The SMILES string of the molecule is CCCS(=O)(=O)N1CCN(S(=O)(=O)c2c(C)n[nH]c2C)CC1. The summed E-state index contributed by atoms with van der Waals surface area (Å²) in [7, 11) is -6.92. The van der Waals surface area contributed by atoms with Crippen molar-refractivity contribution in [3.05, 3.63) is 11.4 Å². The van der Waals surface area contributed by atoms with Gasteiger partial charge in [-0.15, -0.1) is 0 Å². The first-order chi connectivity index (χ1) is 10.2. The Bertz CT molecular complexity index is 712. The number of hydrogen-bond donors (Lipinski definition) is 1. The van der Waals surface area contributed by atoms with Crippen LogP contribution in [0.15, 0.2) is 4.90 Å². The van der Waals surface area contributed by atoms with E-state index in [1.165, 1.54) is 8.61 Å². The fraction of sp³-hybridized carbons (Fsp3) is 0.750. The molecule has 0 amide bonds. The minimum absolute atomic E-state index is 0.0969. The zero-order valence-electron chi connectivity index (χ0n) is 13.0. The molecule has 126 valence electrons. The molecule has 2 rings (SSSR count). The van der Waals surface area contributed by atoms with Crippen molar-refractivity contribution in [2.45, 2.75) is 32.1 Å². The number of nitrogens with one attached hydrogen (secondary N) is 1. The first-order valence-electron chi connectivity index (χ1n) is 7.19. The molecule has 0 radical (unpaired) electrons. The predicted octanol–water partition coefficient (Wildman–Crippen LogP) is 0.0726.